The van der Waals surface area contributed by atoms with Gasteiger partial charge in [-0.25, -0.2) is 4.79 Å². The van der Waals surface area contributed by atoms with Gasteiger partial charge in [0.05, 0.1) is 13.2 Å². The standard InChI is InChI=1S/C6H8O6.C5H10O5/c7-1-2(8)5-3(9)4(10)6(11)12-5;6-1-3(8)5(10)4(9)2-7/h2,5,7-10H,1H2;1,3-5,7-10H,2H2/t2-,5+;3-,4+,5+/m00/s1. The number of hydrogen-bond acceptors (Lipinski definition) is 11. The average Bonchev–Trinajstić information content (AvgIpc) is 2.79. The van der Waals surface area contributed by atoms with Crippen LogP contribution in [0, 0.1) is 0 Å². The van der Waals surface area contributed by atoms with E-state index in [1.807, 2.05) is 0 Å². The molecule has 0 fully saturated rings. The summed E-state index contributed by atoms with van der Waals surface area (Å²) in [6.07, 6.45) is -7.41. The second kappa shape index (κ2) is 9.30. The Morgan fingerprint density at radius 2 is 1.64 bits per heavy atom. The van der Waals surface area contributed by atoms with Gasteiger partial charge >= 0.3 is 5.97 Å². The zero-order chi connectivity index (χ0) is 17.4. The molecule has 11 nitrogen and oxygen atoms in total. The minimum atomic E-state index is -1.64. The van der Waals surface area contributed by atoms with Crippen LogP contribution in [0.1, 0.15) is 0 Å². The van der Waals surface area contributed by atoms with E-state index in [-0.39, 0.29) is 6.29 Å². The van der Waals surface area contributed by atoms with Gasteiger partial charge < -0.3 is 50.4 Å². The van der Waals surface area contributed by atoms with Crippen molar-refractivity contribution in [2.45, 2.75) is 30.5 Å². The number of carbonyl (C=O) groups is 2. The summed E-state index contributed by atoms with van der Waals surface area (Å²) in [6.45, 7) is -1.36. The Balaban J connectivity index is 0.000000409. The Labute approximate surface area is 123 Å². The molecule has 11 heteroatoms. The first-order valence-electron chi connectivity index (χ1n) is 5.93. The molecule has 1 rings (SSSR count). The number of aliphatic hydroxyl groups is 8. The summed E-state index contributed by atoms with van der Waals surface area (Å²) in [7, 11) is 0. The Hall–Kier alpha value is -1.76. The molecule has 0 aromatic rings. The minimum absolute atomic E-state index is 0.0869. The van der Waals surface area contributed by atoms with Crippen LogP contribution in [0.2, 0.25) is 0 Å². The van der Waals surface area contributed by atoms with Crippen LogP contribution < -0.4 is 0 Å². The van der Waals surface area contributed by atoms with E-state index in [4.69, 9.17) is 40.9 Å². The number of aliphatic hydroxyl groups excluding tert-OH is 8. The zero-order valence-electron chi connectivity index (χ0n) is 11.2. The highest BCUT2D eigenvalue weighted by molar-refractivity contribution is 5.89. The topological polar surface area (TPSA) is 205 Å². The van der Waals surface area contributed by atoms with Crippen LogP contribution in [-0.4, -0.2) is 96.8 Å². The SMILES string of the molecule is O=C1O[C@H]([C@@H](O)CO)C(O)=C1O.O=C[C@H](O)[C@@H](O)[C@H](O)CO. The third-order valence-corrected chi connectivity index (χ3v) is 2.55. The van der Waals surface area contributed by atoms with Gasteiger partial charge in [0.15, 0.2) is 18.1 Å². The zero-order valence-corrected chi connectivity index (χ0v) is 11.2. The molecule has 0 bridgehead atoms. The Kier molecular flexibility index (Phi) is 8.55. The van der Waals surface area contributed by atoms with Crippen molar-refractivity contribution in [1.29, 1.82) is 0 Å². The summed E-state index contributed by atoms with van der Waals surface area (Å²) in [6, 6.07) is 0. The summed E-state index contributed by atoms with van der Waals surface area (Å²) >= 11 is 0. The van der Waals surface area contributed by atoms with E-state index in [1.165, 1.54) is 0 Å². The Bertz CT molecular complexity index is 407. The maximum atomic E-state index is 10.5. The molecule has 0 spiro atoms. The van der Waals surface area contributed by atoms with Crippen LogP contribution in [0.3, 0.4) is 0 Å². The van der Waals surface area contributed by atoms with Gasteiger partial charge in [0.2, 0.25) is 5.76 Å². The fourth-order valence-corrected chi connectivity index (χ4v) is 1.24. The van der Waals surface area contributed by atoms with Crippen LogP contribution in [-0.2, 0) is 14.3 Å². The van der Waals surface area contributed by atoms with Crippen molar-refractivity contribution in [3.05, 3.63) is 11.5 Å². The molecule has 8 N–H and O–H groups in total. The number of esters is 1. The summed E-state index contributed by atoms with van der Waals surface area (Å²) < 4.78 is 4.32. The highest BCUT2D eigenvalue weighted by atomic mass is 16.6. The van der Waals surface area contributed by atoms with E-state index in [1.54, 1.807) is 0 Å². The minimum Gasteiger partial charge on any atom is -0.505 e. The van der Waals surface area contributed by atoms with Crippen LogP contribution in [0.25, 0.3) is 0 Å². The highest BCUT2D eigenvalue weighted by Gasteiger charge is 2.38. The van der Waals surface area contributed by atoms with Gasteiger partial charge in [0, 0.05) is 0 Å². The number of aldehydes is 1. The normalized spacial score (nSPS) is 23.0. The Morgan fingerprint density at radius 1 is 1.09 bits per heavy atom. The van der Waals surface area contributed by atoms with E-state index in [0.29, 0.717) is 0 Å². The number of ether oxygens (including phenoxy) is 1. The van der Waals surface area contributed by atoms with Crippen molar-refractivity contribution in [3.63, 3.8) is 0 Å². The lowest BCUT2D eigenvalue weighted by Crippen LogP contribution is -2.40. The van der Waals surface area contributed by atoms with E-state index >= 15 is 0 Å². The molecular formula is C11H18O11. The molecule has 1 aliphatic heterocycles. The molecule has 22 heavy (non-hydrogen) atoms. The average molecular weight is 326 g/mol. The second-order valence-electron chi connectivity index (χ2n) is 4.18. The van der Waals surface area contributed by atoms with Crippen molar-refractivity contribution < 1.29 is 55.2 Å². The number of hydrogen-bond donors (Lipinski definition) is 8. The lowest BCUT2D eigenvalue weighted by atomic mass is 10.1. The van der Waals surface area contributed by atoms with Crippen molar-refractivity contribution in [2.24, 2.45) is 0 Å². The fourth-order valence-electron chi connectivity index (χ4n) is 1.24. The largest absolute Gasteiger partial charge is 0.505 e. The maximum absolute atomic E-state index is 10.5. The van der Waals surface area contributed by atoms with Crippen molar-refractivity contribution in [2.75, 3.05) is 13.2 Å². The van der Waals surface area contributed by atoms with Gasteiger partial charge in [0.25, 0.3) is 0 Å². The molecule has 1 aliphatic rings. The van der Waals surface area contributed by atoms with E-state index in [2.05, 4.69) is 4.74 Å². The highest BCUT2D eigenvalue weighted by Crippen LogP contribution is 2.20. The molecular weight excluding hydrogens is 308 g/mol. The molecule has 0 saturated carbocycles. The van der Waals surface area contributed by atoms with Gasteiger partial charge in [-0.1, -0.05) is 0 Å². The predicted octanol–water partition coefficient (Wildman–Crippen LogP) is -4.15. The van der Waals surface area contributed by atoms with Crippen LogP contribution in [0.15, 0.2) is 11.5 Å². The molecule has 1 heterocycles. The number of rotatable bonds is 6. The third kappa shape index (κ3) is 5.22. The first kappa shape index (κ1) is 20.2. The first-order valence-corrected chi connectivity index (χ1v) is 5.93. The van der Waals surface area contributed by atoms with Crippen molar-refractivity contribution in [3.8, 4) is 0 Å². The van der Waals surface area contributed by atoms with E-state index in [9.17, 15) is 9.59 Å². The quantitative estimate of drug-likeness (QED) is 0.174. The molecule has 0 aromatic heterocycles. The van der Waals surface area contributed by atoms with Gasteiger partial charge in [-0.15, -0.1) is 0 Å². The third-order valence-electron chi connectivity index (χ3n) is 2.55. The molecule has 0 aromatic carbocycles. The molecule has 0 aliphatic carbocycles. The lowest BCUT2D eigenvalue weighted by molar-refractivity contribution is -0.147. The van der Waals surface area contributed by atoms with E-state index < -0.39 is 61.2 Å². The van der Waals surface area contributed by atoms with Gasteiger partial charge in [-0.05, 0) is 0 Å². The fraction of sp³-hybridized carbons (Fsp3) is 0.636. The molecule has 5 atom stereocenters. The molecule has 0 unspecified atom stereocenters. The molecule has 128 valence electrons. The van der Waals surface area contributed by atoms with Gasteiger partial charge in [0.1, 0.15) is 24.4 Å². The molecule has 0 amide bonds. The van der Waals surface area contributed by atoms with Gasteiger partial charge in [-0.2, -0.15) is 0 Å². The maximum Gasteiger partial charge on any atom is 0.377 e. The summed E-state index contributed by atoms with van der Waals surface area (Å²) in [5.74, 6) is -2.78. The summed E-state index contributed by atoms with van der Waals surface area (Å²) in [5.41, 5.74) is 0. The number of carbonyl (C=O) groups excluding carboxylic acids is 2. The second-order valence-corrected chi connectivity index (χ2v) is 4.18. The summed E-state index contributed by atoms with van der Waals surface area (Å²) in [5, 5.41) is 69.1. The number of cyclic esters (lactones) is 1. The van der Waals surface area contributed by atoms with Crippen molar-refractivity contribution in [1.82, 2.24) is 0 Å². The van der Waals surface area contributed by atoms with Crippen LogP contribution in [0.5, 0.6) is 0 Å². The lowest BCUT2D eigenvalue weighted by Gasteiger charge is -2.16. The molecule has 0 radical (unpaired) electrons. The van der Waals surface area contributed by atoms with E-state index in [0.717, 1.165) is 0 Å². The first-order chi connectivity index (χ1) is 10.2. The van der Waals surface area contributed by atoms with Crippen molar-refractivity contribution >= 4 is 12.3 Å². The van der Waals surface area contributed by atoms with Gasteiger partial charge in [-0.3, -0.25) is 0 Å². The smallest absolute Gasteiger partial charge is 0.377 e. The van der Waals surface area contributed by atoms with Crippen LogP contribution >= 0.6 is 0 Å². The summed E-state index contributed by atoms with van der Waals surface area (Å²) in [4.78, 5) is 20.3. The monoisotopic (exact) mass is 326 g/mol. The van der Waals surface area contributed by atoms with Crippen LogP contribution in [0.4, 0.5) is 0 Å². The Morgan fingerprint density at radius 3 is 1.95 bits per heavy atom. The molecule has 0 saturated heterocycles. The predicted molar refractivity (Wildman–Crippen MR) is 66.4 cm³/mol.